The SMILES string of the molecule is C=CC1CCC(C2CCC(CC(F)(F)COc3ccc(-c4ccc(OCC)cc4)c(F)c3F)CC2)CC1. The van der Waals surface area contributed by atoms with Crippen LogP contribution in [0.2, 0.25) is 0 Å². The molecule has 0 radical (unpaired) electrons. The molecule has 2 nitrogen and oxygen atoms in total. The molecule has 0 saturated heterocycles. The summed E-state index contributed by atoms with van der Waals surface area (Å²) >= 11 is 0. The fraction of sp³-hybridized carbons (Fsp3) is 0.548. The van der Waals surface area contributed by atoms with E-state index in [2.05, 4.69) is 12.7 Å². The van der Waals surface area contributed by atoms with Crippen LogP contribution in [0.4, 0.5) is 17.6 Å². The average Bonchev–Trinajstić information content (AvgIpc) is 2.91. The summed E-state index contributed by atoms with van der Waals surface area (Å²) in [5, 5.41) is 0. The molecule has 37 heavy (non-hydrogen) atoms. The van der Waals surface area contributed by atoms with E-state index in [1.807, 2.05) is 6.92 Å². The summed E-state index contributed by atoms with van der Waals surface area (Å²) in [5.41, 5.74) is 0.496. The van der Waals surface area contributed by atoms with Crippen molar-refractivity contribution in [3.63, 3.8) is 0 Å². The van der Waals surface area contributed by atoms with Crippen molar-refractivity contribution in [2.24, 2.45) is 23.7 Å². The summed E-state index contributed by atoms with van der Waals surface area (Å²) in [6, 6.07) is 9.15. The minimum atomic E-state index is -3.10. The highest BCUT2D eigenvalue weighted by atomic mass is 19.3. The summed E-state index contributed by atoms with van der Waals surface area (Å²) in [7, 11) is 0. The first-order valence-electron chi connectivity index (χ1n) is 13.6. The molecule has 0 aliphatic heterocycles. The predicted molar refractivity (Wildman–Crippen MR) is 139 cm³/mol. The zero-order valence-electron chi connectivity index (χ0n) is 21.7. The van der Waals surface area contributed by atoms with Crippen LogP contribution in [0.15, 0.2) is 49.1 Å². The third-order valence-corrected chi connectivity index (χ3v) is 8.26. The molecule has 4 rings (SSSR count). The van der Waals surface area contributed by atoms with Gasteiger partial charge in [-0.1, -0.05) is 18.2 Å². The first kappa shape index (κ1) is 27.5. The Labute approximate surface area is 218 Å². The molecule has 2 aliphatic carbocycles. The fourth-order valence-electron chi connectivity index (χ4n) is 6.14. The predicted octanol–water partition coefficient (Wildman–Crippen LogP) is 9.23. The molecule has 0 amide bonds. The lowest BCUT2D eigenvalue weighted by Crippen LogP contribution is -2.32. The van der Waals surface area contributed by atoms with Crippen molar-refractivity contribution in [3.8, 4) is 22.6 Å². The third-order valence-electron chi connectivity index (χ3n) is 8.26. The molecular weight excluding hydrogens is 480 g/mol. The molecule has 2 aromatic rings. The van der Waals surface area contributed by atoms with Crippen LogP contribution < -0.4 is 9.47 Å². The van der Waals surface area contributed by atoms with Gasteiger partial charge in [0.25, 0.3) is 5.92 Å². The number of halogens is 4. The van der Waals surface area contributed by atoms with Crippen LogP contribution in [-0.2, 0) is 0 Å². The maximum atomic E-state index is 14.7. The number of rotatable bonds is 10. The van der Waals surface area contributed by atoms with Crippen LogP contribution in [0.3, 0.4) is 0 Å². The van der Waals surface area contributed by atoms with Gasteiger partial charge in [0.15, 0.2) is 18.2 Å². The monoisotopic (exact) mass is 518 g/mol. The van der Waals surface area contributed by atoms with Crippen molar-refractivity contribution >= 4 is 0 Å². The molecule has 2 fully saturated rings. The molecule has 0 N–H and O–H groups in total. The highest BCUT2D eigenvalue weighted by Gasteiger charge is 2.37. The van der Waals surface area contributed by atoms with E-state index in [1.54, 1.807) is 24.3 Å². The number of ether oxygens (including phenoxy) is 2. The zero-order chi connectivity index (χ0) is 26.4. The van der Waals surface area contributed by atoms with Crippen molar-refractivity contribution in [1.82, 2.24) is 0 Å². The molecule has 2 aliphatic rings. The maximum Gasteiger partial charge on any atom is 0.281 e. The van der Waals surface area contributed by atoms with Gasteiger partial charge >= 0.3 is 0 Å². The van der Waals surface area contributed by atoms with Gasteiger partial charge in [-0.05, 0) is 112 Å². The van der Waals surface area contributed by atoms with Gasteiger partial charge < -0.3 is 9.47 Å². The highest BCUT2D eigenvalue weighted by Crippen LogP contribution is 2.43. The van der Waals surface area contributed by atoms with Crippen LogP contribution in [0.5, 0.6) is 11.5 Å². The Kier molecular flexibility index (Phi) is 9.20. The quantitative estimate of drug-likeness (QED) is 0.231. The molecule has 2 saturated carbocycles. The van der Waals surface area contributed by atoms with Gasteiger partial charge in [0.05, 0.1) is 6.61 Å². The number of hydrogen-bond donors (Lipinski definition) is 0. The minimum absolute atomic E-state index is 0.0365. The Morgan fingerprint density at radius 2 is 1.46 bits per heavy atom. The van der Waals surface area contributed by atoms with Crippen molar-refractivity contribution in [1.29, 1.82) is 0 Å². The maximum absolute atomic E-state index is 14.7. The molecule has 0 spiro atoms. The van der Waals surface area contributed by atoms with E-state index in [1.165, 1.54) is 37.8 Å². The molecule has 0 unspecified atom stereocenters. The van der Waals surface area contributed by atoms with E-state index in [4.69, 9.17) is 9.47 Å². The van der Waals surface area contributed by atoms with Crippen molar-refractivity contribution in [3.05, 3.63) is 60.7 Å². The summed E-state index contributed by atoms with van der Waals surface area (Å²) in [6.07, 6.45) is 10.2. The molecule has 0 atom stereocenters. The number of allylic oxidation sites excluding steroid dienone is 1. The molecule has 0 heterocycles. The van der Waals surface area contributed by atoms with Crippen molar-refractivity contribution in [2.45, 2.75) is 70.6 Å². The van der Waals surface area contributed by atoms with E-state index < -0.39 is 29.9 Å². The molecule has 0 aromatic heterocycles. The molecular formula is C31H38F4O2. The summed E-state index contributed by atoms with van der Waals surface area (Å²) < 4.78 is 69.4. The Morgan fingerprint density at radius 3 is 2.05 bits per heavy atom. The Bertz CT molecular complexity index is 1020. The average molecular weight is 519 g/mol. The topological polar surface area (TPSA) is 18.5 Å². The fourth-order valence-corrected chi connectivity index (χ4v) is 6.14. The molecule has 6 heteroatoms. The summed E-state index contributed by atoms with van der Waals surface area (Å²) in [6.45, 7) is 5.30. The minimum Gasteiger partial charge on any atom is -0.494 e. The normalized spacial score (nSPS) is 24.5. The van der Waals surface area contributed by atoms with Crippen molar-refractivity contribution in [2.75, 3.05) is 13.2 Å². The van der Waals surface area contributed by atoms with Gasteiger partial charge in [-0.2, -0.15) is 4.39 Å². The van der Waals surface area contributed by atoms with E-state index >= 15 is 0 Å². The summed E-state index contributed by atoms with van der Waals surface area (Å²) in [4.78, 5) is 0. The lowest BCUT2D eigenvalue weighted by Gasteiger charge is -2.38. The van der Waals surface area contributed by atoms with Crippen LogP contribution in [0, 0.1) is 35.3 Å². The Morgan fingerprint density at radius 1 is 0.838 bits per heavy atom. The van der Waals surface area contributed by atoms with Gasteiger partial charge in [-0.3, -0.25) is 0 Å². The zero-order valence-corrected chi connectivity index (χ0v) is 21.7. The van der Waals surface area contributed by atoms with Gasteiger partial charge in [-0.25, -0.2) is 13.2 Å². The largest absolute Gasteiger partial charge is 0.494 e. The standard InChI is InChI=1S/C31H38F4O2/c1-3-21-5-9-23(10-6-21)24-11-7-22(8-12-24)19-31(34,35)20-37-28-18-17-27(29(32)30(28)33)25-13-15-26(16-14-25)36-4-2/h3,13-18,21-24H,1,4-12,19-20H2,2H3. The van der Waals surface area contributed by atoms with Crippen molar-refractivity contribution < 1.29 is 27.0 Å². The number of hydrogen-bond acceptors (Lipinski definition) is 2. The Balaban J connectivity index is 1.28. The van der Waals surface area contributed by atoms with Crippen LogP contribution >= 0.6 is 0 Å². The Hall–Kier alpha value is -2.50. The second-order valence-corrected chi connectivity index (χ2v) is 10.7. The number of benzene rings is 2. The second-order valence-electron chi connectivity index (χ2n) is 10.7. The number of alkyl halides is 2. The smallest absolute Gasteiger partial charge is 0.281 e. The van der Waals surface area contributed by atoms with Gasteiger partial charge in [0.1, 0.15) is 5.75 Å². The van der Waals surface area contributed by atoms with E-state index in [0.29, 0.717) is 35.7 Å². The first-order valence-corrected chi connectivity index (χ1v) is 13.6. The summed E-state index contributed by atoms with van der Waals surface area (Å²) in [5.74, 6) is -3.43. The second kappa shape index (κ2) is 12.4. The molecule has 202 valence electrons. The van der Waals surface area contributed by atoms with E-state index in [9.17, 15) is 17.6 Å². The lowest BCUT2D eigenvalue weighted by molar-refractivity contribution is -0.0659. The van der Waals surface area contributed by atoms with Gasteiger partial charge in [0, 0.05) is 12.0 Å². The van der Waals surface area contributed by atoms with E-state index in [-0.39, 0.29) is 17.9 Å². The van der Waals surface area contributed by atoms with Crippen LogP contribution in [0.25, 0.3) is 11.1 Å². The molecule has 0 bridgehead atoms. The lowest BCUT2D eigenvalue weighted by atomic mass is 9.68. The van der Waals surface area contributed by atoms with Gasteiger partial charge in [0.2, 0.25) is 5.82 Å². The third kappa shape index (κ3) is 7.08. The highest BCUT2D eigenvalue weighted by molar-refractivity contribution is 5.66. The van der Waals surface area contributed by atoms with Gasteiger partial charge in [-0.15, -0.1) is 6.58 Å². The molecule has 2 aromatic carbocycles. The van der Waals surface area contributed by atoms with Crippen LogP contribution in [0.1, 0.15) is 64.7 Å². The first-order chi connectivity index (χ1) is 17.8. The van der Waals surface area contributed by atoms with Crippen LogP contribution in [-0.4, -0.2) is 19.1 Å². The van der Waals surface area contributed by atoms with E-state index in [0.717, 1.165) is 25.7 Å².